The predicted octanol–water partition coefficient (Wildman–Crippen LogP) is 4.54. The maximum absolute atomic E-state index is 13.6. The van der Waals surface area contributed by atoms with Crippen LogP contribution in [0, 0.1) is 19.8 Å². The molecule has 178 valence electrons. The maximum Gasteiger partial charge on any atom is 0.298 e. The summed E-state index contributed by atoms with van der Waals surface area (Å²) in [7, 11) is 0. The Morgan fingerprint density at radius 2 is 1.91 bits per heavy atom. The topological polar surface area (TPSA) is 80.3 Å². The molecule has 2 saturated heterocycles. The molecule has 4 aromatic rings. The molecule has 0 unspecified atom stereocenters. The van der Waals surface area contributed by atoms with Crippen molar-refractivity contribution in [2.75, 3.05) is 24.5 Å². The fourth-order valence-electron chi connectivity index (χ4n) is 5.11. The van der Waals surface area contributed by atoms with Crippen LogP contribution >= 0.6 is 11.6 Å². The van der Waals surface area contributed by atoms with Gasteiger partial charge in [-0.25, -0.2) is 0 Å². The molecular formula is C26H25ClN6O2. The van der Waals surface area contributed by atoms with Crippen LogP contribution in [0.15, 0.2) is 59.3 Å². The Bertz CT molecular complexity index is 1400. The third-order valence-electron chi connectivity index (χ3n) is 6.97. The van der Waals surface area contributed by atoms with Gasteiger partial charge in [-0.05, 0) is 44.5 Å². The number of carbonyl (C=O) groups is 1. The molecule has 2 fully saturated rings. The number of hydrogen-bond donors (Lipinski definition) is 0. The molecule has 0 N–H and O–H groups in total. The monoisotopic (exact) mass is 488 g/mol. The number of benzene rings is 2. The predicted molar refractivity (Wildman–Crippen MR) is 133 cm³/mol. The Morgan fingerprint density at radius 1 is 1.09 bits per heavy atom. The quantitative estimate of drug-likeness (QED) is 0.419. The lowest BCUT2D eigenvalue weighted by molar-refractivity contribution is 0.0582. The first kappa shape index (κ1) is 21.9. The normalized spacial score (nSPS) is 19.4. The Labute approximate surface area is 208 Å². The second-order valence-electron chi connectivity index (χ2n) is 9.28. The highest BCUT2D eigenvalue weighted by molar-refractivity contribution is 6.30. The molecule has 0 saturated carbocycles. The Hall–Kier alpha value is -3.65. The minimum atomic E-state index is -0.00509. The highest BCUT2D eigenvalue weighted by Crippen LogP contribution is 2.39. The summed E-state index contributed by atoms with van der Waals surface area (Å²) in [5.74, 6) is 1.24. The molecule has 9 heteroatoms. The minimum Gasteiger partial charge on any atom is -0.423 e. The summed E-state index contributed by atoms with van der Waals surface area (Å²) in [6, 6.07) is 14.2. The van der Waals surface area contributed by atoms with Gasteiger partial charge in [0, 0.05) is 36.1 Å². The summed E-state index contributed by atoms with van der Waals surface area (Å²) in [5.41, 5.74) is 4.05. The Morgan fingerprint density at radius 3 is 2.71 bits per heavy atom. The van der Waals surface area contributed by atoms with Gasteiger partial charge in [-0.1, -0.05) is 35.4 Å². The average molecular weight is 489 g/mol. The largest absolute Gasteiger partial charge is 0.423 e. The van der Waals surface area contributed by atoms with E-state index in [0.29, 0.717) is 34.8 Å². The number of fused-ring (bicyclic) bond motifs is 1. The molecule has 8 nitrogen and oxygen atoms in total. The number of oxazole rings is 1. The van der Waals surface area contributed by atoms with E-state index in [4.69, 9.17) is 21.0 Å². The van der Waals surface area contributed by atoms with E-state index in [2.05, 4.69) is 15.1 Å². The van der Waals surface area contributed by atoms with Crippen molar-refractivity contribution in [2.45, 2.75) is 26.3 Å². The van der Waals surface area contributed by atoms with Gasteiger partial charge >= 0.3 is 0 Å². The zero-order valence-corrected chi connectivity index (χ0v) is 20.3. The molecule has 2 aromatic heterocycles. The van der Waals surface area contributed by atoms with E-state index in [1.54, 1.807) is 12.4 Å². The fourth-order valence-corrected chi connectivity index (χ4v) is 5.30. The molecule has 2 aromatic carbocycles. The van der Waals surface area contributed by atoms with Crippen molar-refractivity contribution in [3.05, 3.63) is 76.7 Å². The van der Waals surface area contributed by atoms with Crippen molar-refractivity contribution in [3.8, 4) is 17.0 Å². The number of halogens is 1. The minimum absolute atomic E-state index is 0.00509. The van der Waals surface area contributed by atoms with Gasteiger partial charge in [0.05, 0.1) is 35.4 Å². The number of hydrogen-bond acceptors (Lipinski definition) is 6. The third-order valence-corrected chi connectivity index (χ3v) is 7.21. The van der Waals surface area contributed by atoms with Crippen molar-refractivity contribution >= 4 is 23.5 Å². The molecule has 1 amide bonds. The van der Waals surface area contributed by atoms with Gasteiger partial charge in [0.15, 0.2) is 5.76 Å². The van der Waals surface area contributed by atoms with Crippen LogP contribution in [-0.2, 0) is 0 Å². The van der Waals surface area contributed by atoms with Crippen molar-refractivity contribution in [1.82, 2.24) is 24.9 Å². The van der Waals surface area contributed by atoms with Gasteiger partial charge in [0.25, 0.3) is 11.9 Å². The molecule has 0 radical (unpaired) electrons. The summed E-state index contributed by atoms with van der Waals surface area (Å²) in [6.45, 7) is 6.16. The number of nitrogens with zero attached hydrogens (tertiary/aromatic N) is 6. The molecule has 2 atom stereocenters. The highest BCUT2D eigenvalue weighted by atomic mass is 35.5. The lowest BCUT2D eigenvalue weighted by atomic mass is 9.82. The molecule has 4 heterocycles. The number of aromatic nitrogens is 4. The van der Waals surface area contributed by atoms with Gasteiger partial charge < -0.3 is 14.2 Å². The van der Waals surface area contributed by atoms with E-state index in [0.717, 1.165) is 42.1 Å². The number of rotatable bonds is 4. The third kappa shape index (κ3) is 3.87. The van der Waals surface area contributed by atoms with Crippen LogP contribution < -0.4 is 4.90 Å². The molecule has 0 spiro atoms. The van der Waals surface area contributed by atoms with Gasteiger partial charge in [-0.3, -0.25) is 4.79 Å². The van der Waals surface area contributed by atoms with Crippen molar-refractivity contribution in [1.29, 1.82) is 0 Å². The van der Waals surface area contributed by atoms with E-state index in [-0.39, 0.29) is 11.9 Å². The van der Waals surface area contributed by atoms with Crippen LogP contribution in [0.2, 0.25) is 5.02 Å². The first-order valence-electron chi connectivity index (χ1n) is 11.7. The summed E-state index contributed by atoms with van der Waals surface area (Å²) >= 11 is 6.18. The summed E-state index contributed by atoms with van der Waals surface area (Å²) < 4.78 is 6.21. The van der Waals surface area contributed by atoms with E-state index >= 15 is 0 Å². The Kier molecular flexibility index (Phi) is 5.33. The van der Waals surface area contributed by atoms with E-state index in [1.165, 1.54) is 4.80 Å². The molecule has 2 aliphatic heterocycles. The number of aryl methyl sites for hydroxylation is 2. The van der Waals surface area contributed by atoms with Crippen LogP contribution in [-0.4, -0.2) is 56.5 Å². The maximum atomic E-state index is 13.6. The zero-order valence-electron chi connectivity index (χ0n) is 19.6. The average Bonchev–Trinajstić information content (AvgIpc) is 3.49. The highest BCUT2D eigenvalue weighted by Gasteiger charge is 2.46. The van der Waals surface area contributed by atoms with Gasteiger partial charge in [0.1, 0.15) is 0 Å². The first-order chi connectivity index (χ1) is 17.0. The molecule has 0 aliphatic carbocycles. The zero-order chi connectivity index (χ0) is 24.1. The van der Waals surface area contributed by atoms with Crippen LogP contribution in [0.5, 0.6) is 0 Å². The fraction of sp³-hybridized carbons (Fsp3) is 0.308. The molecule has 0 bridgehead atoms. The summed E-state index contributed by atoms with van der Waals surface area (Å²) in [5, 5.41) is 9.12. The van der Waals surface area contributed by atoms with E-state index in [1.807, 2.05) is 61.2 Å². The van der Waals surface area contributed by atoms with Crippen molar-refractivity contribution in [3.63, 3.8) is 0 Å². The number of carbonyl (C=O) groups excluding carboxylic acids is 1. The SMILES string of the molecule is Cc1ccc(-n2nccn2)c(C(=O)N2CC[C@H]3CN(c4nc(C)c(-c5cccc(Cl)c5)o4)[C@H]3C2)c1. The number of amides is 1. The second-order valence-corrected chi connectivity index (χ2v) is 9.72. The number of piperidine rings is 1. The van der Waals surface area contributed by atoms with Crippen molar-refractivity contribution in [2.24, 2.45) is 5.92 Å². The second kappa shape index (κ2) is 8.53. The van der Waals surface area contributed by atoms with Crippen molar-refractivity contribution < 1.29 is 9.21 Å². The first-order valence-corrected chi connectivity index (χ1v) is 12.1. The summed E-state index contributed by atoms with van der Waals surface area (Å²) in [4.78, 5) is 24.0. The molecule has 35 heavy (non-hydrogen) atoms. The molecule has 2 aliphatic rings. The molecular weight excluding hydrogens is 464 g/mol. The standard InChI is InChI=1S/C26H25ClN6O2/c1-16-6-7-22(33-28-9-10-29-33)21(12-16)25(34)31-11-8-19-14-32(23(19)15-31)26-30-17(2)24(35-26)18-4-3-5-20(27)13-18/h3-7,9-10,12-13,19,23H,8,11,14-15H2,1-2H3/t19-,23-/m0/s1. The van der Waals surface area contributed by atoms with Gasteiger partial charge in [0.2, 0.25) is 0 Å². The van der Waals surface area contributed by atoms with Gasteiger partial charge in [-0.2, -0.15) is 20.0 Å². The molecule has 6 rings (SSSR count). The van der Waals surface area contributed by atoms with Crippen LogP contribution in [0.25, 0.3) is 17.0 Å². The van der Waals surface area contributed by atoms with Gasteiger partial charge in [-0.15, -0.1) is 0 Å². The summed E-state index contributed by atoms with van der Waals surface area (Å²) in [6.07, 6.45) is 4.18. The van der Waals surface area contributed by atoms with E-state index < -0.39 is 0 Å². The lowest BCUT2D eigenvalue weighted by Crippen LogP contribution is -2.65. The Balaban J connectivity index is 1.24. The number of likely N-dealkylation sites (tertiary alicyclic amines) is 1. The lowest BCUT2D eigenvalue weighted by Gasteiger charge is -2.52. The van der Waals surface area contributed by atoms with Crippen LogP contribution in [0.3, 0.4) is 0 Å². The van der Waals surface area contributed by atoms with E-state index in [9.17, 15) is 4.79 Å². The smallest absolute Gasteiger partial charge is 0.298 e. The number of anilines is 1. The van der Waals surface area contributed by atoms with Crippen LogP contribution in [0.4, 0.5) is 6.01 Å². The van der Waals surface area contributed by atoms with Crippen LogP contribution in [0.1, 0.15) is 28.0 Å².